The van der Waals surface area contributed by atoms with Gasteiger partial charge in [0.25, 0.3) is 0 Å². The van der Waals surface area contributed by atoms with Crippen LogP contribution in [0.3, 0.4) is 0 Å². The molecule has 1 aromatic carbocycles. The Hall–Kier alpha value is -2.25. The van der Waals surface area contributed by atoms with Crippen molar-refractivity contribution in [3.05, 3.63) is 36.0 Å². The van der Waals surface area contributed by atoms with Crippen molar-refractivity contribution < 1.29 is 23.7 Å². The lowest BCUT2D eigenvalue weighted by molar-refractivity contribution is -0.0232. The van der Waals surface area contributed by atoms with E-state index < -0.39 is 6.10 Å². The zero-order valence-corrected chi connectivity index (χ0v) is 15.3. The maximum absolute atomic E-state index is 10.6. The number of aromatic nitrogens is 1. The summed E-state index contributed by atoms with van der Waals surface area (Å²) in [7, 11) is 0. The van der Waals surface area contributed by atoms with E-state index in [0.29, 0.717) is 23.5 Å². The summed E-state index contributed by atoms with van der Waals surface area (Å²) >= 11 is 0. The van der Waals surface area contributed by atoms with Crippen molar-refractivity contribution in [2.75, 3.05) is 19.9 Å². The Balaban J connectivity index is 1.22. The highest BCUT2D eigenvalue weighted by Gasteiger charge is 2.42. The molecule has 144 valence electrons. The maximum Gasteiger partial charge on any atom is 0.231 e. The van der Waals surface area contributed by atoms with Gasteiger partial charge in [-0.2, -0.15) is 0 Å². The predicted molar refractivity (Wildman–Crippen MR) is 95.7 cm³/mol. The first-order chi connectivity index (χ1) is 13.1. The van der Waals surface area contributed by atoms with Gasteiger partial charge in [0, 0.05) is 32.6 Å². The Labute approximate surface area is 157 Å². The van der Waals surface area contributed by atoms with Gasteiger partial charge in [-0.1, -0.05) is 0 Å². The van der Waals surface area contributed by atoms with E-state index in [1.165, 1.54) is 0 Å². The van der Waals surface area contributed by atoms with Gasteiger partial charge in [-0.25, -0.2) is 4.98 Å². The minimum atomic E-state index is -0.453. The first-order valence-corrected chi connectivity index (χ1v) is 9.52. The lowest BCUT2D eigenvalue weighted by atomic mass is 9.78. The smallest absolute Gasteiger partial charge is 0.231 e. The molecule has 1 saturated heterocycles. The van der Waals surface area contributed by atoms with Gasteiger partial charge in [-0.15, -0.1) is 0 Å². The van der Waals surface area contributed by atoms with Crippen LogP contribution in [0.1, 0.15) is 24.4 Å². The van der Waals surface area contributed by atoms with Crippen molar-refractivity contribution in [3.63, 3.8) is 0 Å². The highest BCUT2D eigenvalue weighted by molar-refractivity contribution is 5.47. The molecule has 0 amide bonds. The number of ether oxygens (including phenoxy) is 3. The number of benzene rings is 1. The van der Waals surface area contributed by atoms with Gasteiger partial charge in [0.1, 0.15) is 18.1 Å². The zero-order chi connectivity index (χ0) is 18.4. The second-order valence-electron chi connectivity index (χ2n) is 7.78. The third-order valence-electron chi connectivity index (χ3n) is 5.84. The van der Waals surface area contributed by atoms with Gasteiger partial charge in [-0.3, -0.25) is 4.90 Å². The van der Waals surface area contributed by atoms with Crippen LogP contribution < -0.4 is 14.2 Å². The number of aliphatic hydroxyl groups is 1. The Morgan fingerprint density at radius 3 is 2.81 bits per heavy atom. The Bertz CT molecular complexity index is 822. The van der Waals surface area contributed by atoms with Crippen molar-refractivity contribution in [2.24, 2.45) is 11.8 Å². The van der Waals surface area contributed by atoms with Crippen LogP contribution in [-0.2, 0) is 6.54 Å². The van der Waals surface area contributed by atoms with Crippen LogP contribution in [0.4, 0.5) is 0 Å². The summed E-state index contributed by atoms with van der Waals surface area (Å²) in [6, 6.07) is 5.57. The van der Waals surface area contributed by atoms with E-state index >= 15 is 0 Å². The first-order valence-electron chi connectivity index (χ1n) is 9.52. The normalized spacial score (nSPS) is 29.7. The van der Waals surface area contributed by atoms with Crippen LogP contribution >= 0.6 is 0 Å². The predicted octanol–water partition coefficient (Wildman–Crippen LogP) is 2.36. The number of nitrogens with zero attached hydrogens (tertiary/aromatic N) is 2. The zero-order valence-electron chi connectivity index (χ0n) is 15.3. The van der Waals surface area contributed by atoms with Crippen LogP contribution in [0.15, 0.2) is 28.9 Å². The number of aryl methyl sites for hydroxylation is 1. The summed E-state index contributed by atoms with van der Waals surface area (Å²) in [5.41, 5.74) is 0.972. The van der Waals surface area contributed by atoms with E-state index in [9.17, 15) is 5.11 Å². The van der Waals surface area contributed by atoms with Crippen molar-refractivity contribution in [2.45, 2.75) is 38.5 Å². The number of aliphatic hydroxyl groups excluding tert-OH is 1. The lowest BCUT2D eigenvalue weighted by Gasteiger charge is -2.35. The first kappa shape index (κ1) is 16.9. The summed E-state index contributed by atoms with van der Waals surface area (Å²) in [6.07, 6.45) is 2.72. The number of fused-ring (bicyclic) bond motifs is 2. The molecule has 1 aliphatic carbocycles. The molecule has 2 aromatic rings. The van der Waals surface area contributed by atoms with E-state index in [0.717, 1.165) is 49.7 Å². The van der Waals surface area contributed by atoms with Crippen LogP contribution in [0.5, 0.6) is 17.2 Å². The fourth-order valence-electron chi connectivity index (χ4n) is 4.58. The van der Waals surface area contributed by atoms with Crippen LogP contribution in [-0.4, -0.2) is 47.1 Å². The summed E-state index contributed by atoms with van der Waals surface area (Å²) in [5.74, 6) is 3.89. The number of hydrogen-bond donors (Lipinski definition) is 1. The number of rotatable bonds is 4. The molecule has 4 atom stereocenters. The molecule has 7 heteroatoms. The molecular formula is C20H24N2O5. The fourth-order valence-corrected chi connectivity index (χ4v) is 4.58. The molecule has 0 bridgehead atoms. The summed E-state index contributed by atoms with van der Waals surface area (Å²) < 4.78 is 22.2. The van der Waals surface area contributed by atoms with Crippen molar-refractivity contribution in [1.29, 1.82) is 0 Å². The average molecular weight is 372 g/mol. The van der Waals surface area contributed by atoms with Crippen molar-refractivity contribution in [1.82, 2.24) is 9.88 Å². The Kier molecular flexibility index (Phi) is 4.21. The number of oxazole rings is 1. The summed E-state index contributed by atoms with van der Waals surface area (Å²) in [5, 5.41) is 10.6. The third kappa shape index (κ3) is 3.37. The third-order valence-corrected chi connectivity index (χ3v) is 5.84. The molecule has 3 heterocycles. The Morgan fingerprint density at radius 1 is 1.19 bits per heavy atom. The number of hydrogen-bond acceptors (Lipinski definition) is 7. The van der Waals surface area contributed by atoms with Crippen molar-refractivity contribution >= 4 is 0 Å². The lowest BCUT2D eigenvalue weighted by Crippen LogP contribution is -2.42. The maximum atomic E-state index is 10.6. The van der Waals surface area contributed by atoms with Crippen LogP contribution in [0.25, 0.3) is 0 Å². The SMILES string of the molecule is Cc1nc(CN2C[C@H]3C[C@@H](Oc4ccc5c(c4)OCO5)[C@H](O)C[C@H]3C2)co1. The largest absolute Gasteiger partial charge is 0.488 e. The quantitative estimate of drug-likeness (QED) is 0.883. The molecule has 2 aliphatic heterocycles. The molecule has 0 unspecified atom stereocenters. The molecule has 1 aromatic heterocycles. The van der Waals surface area contributed by atoms with Gasteiger partial charge in [0.05, 0.1) is 11.8 Å². The molecule has 5 rings (SSSR count). The topological polar surface area (TPSA) is 77.2 Å². The minimum absolute atomic E-state index is 0.194. The second-order valence-corrected chi connectivity index (χ2v) is 7.78. The average Bonchev–Trinajstić information content (AvgIpc) is 3.35. The monoisotopic (exact) mass is 372 g/mol. The molecule has 1 saturated carbocycles. The fraction of sp³-hybridized carbons (Fsp3) is 0.550. The van der Waals surface area contributed by atoms with E-state index in [1.807, 2.05) is 25.1 Å². The van der Waals surface area contributed by atoms with Gasteiger partial charge in [-0.05, 0) is 36.8 Å². The highest BCUT2D eigenvalue weighted by Crippen LogP contribution is 2.40. The highest BCUT2D eigenvalue weighted by atomic mass is 16.7. The number of likely N-dealkylation sites (tertiary alicyclic amines) is 1. The molecule has 27 heavy (non-hydrogen) atoms. The standard InChI is InChI=1S/C20H24N2O5/c1-12-21-15(10-24-12)9-22-7-13-4-17(23)19(5-14(13)8-22)27-16-2-3-18-20(6-16)26-11-25-18/h2-3,6,10,13-14,17,19,23H,4-5,7-9,11H2,1H3/t13-,14+,17+,19+/m0/s1. The Morgan fingerprint density at radius 2 is 2.00 bits per heavy atom. The van der Waals surface area contributed by atoms with Gasteiger partial charge < -0.3 is 23.7 Å². The van der Waals surface area contributed by atoms with Crippen LogP contribution in [0.2, 0.25) is 0 Å². The van der Waals surface area contributed by atoms with Crippen LogP contribution in [0, 0.1) is 18.8 Å². The molecule has 0 spiro atoms. The van der Waals surface area contributed by atoms with E-state index in [2.05, 4.69) is 9.88 Å². The van der Waals surface area contributed by atoms with E-state index in [1.54, 1.807) is 6.26 Å². The molecule has 1 N–H and O–H groups in total. The minimum Gasteiger partial charge on any atom is -0.488 e. The molecule has 2 fully saturated rings. The molecule has 7 nitrogen and oxygen atoms in total. The van der Waals surface area contributed by atoms with E-state index in [4.69, 9.17) is 18.6 Å². The van der Waals surface area contributed by atoms with Gasteiger partial charge in [0.2, 0.25) is 6.79 Å². The van der Waals surface area contributed by atoms with Gasteiger partial charge >= 0.3 is 0 Å². The molecule has 0 radical (unpaired) electrons. The summed E-state index contributed by atoms with van der Waals surface area (Å²) in [4.78, 5) is 6.81. The van der Waals surface area contributed by atoms with Crippen molar-refractivity contribution in [3.8, 4) is 17.2 Å². The van der Waals surface area contributed by atoms with E-state index in [-0.39, 0.29) is 12.9 Å². The molecule has 3 aliphatic rings. The summed E-state index contributed by atoms with van der Waals surface area (Å²) in [6.45, 7) is 4.90. The molecular weight excluding hydrogens is 348 g/mol. The second kappa shape index (κ2) is 6.73. The van der Waals surface area contributed by atoms with Gasteiger partial charge in [0.15, 0.2) is 17.4 Å².